The summed E-state index contributed by atoms with van der Waals surface area (Å²) in [5.74, 6) is -0.175. The highest BCUT2D eigenvalue weighted by molar-refractivity contribution is 5.93. The standard InChI is InChI=1S/C16H12N2O2/c19-16(20)12-5-7-13(8-6-12)18-15-14-4-2-1-3-11(14)9-10-17-15/h1-10H,(H,17,18)(H,19,20). The number of carboxylic acids is 1. The van der Waals surface area contributed by atoms with E-state index in [9.17, 15) is 4.79 Å². The smallest absolute Gasteiger partial charge is 0.335 e. The highest BCUT2D eigenvalue weighted by Crippen LogP contribution is 2.24. The number of carboxylic acid groups (broad SMARTS) is 1. The molecule has 0 aliphatic carbocycles. The molecule has 0 bridgehead atoms. The normalized spacial score (nSPS) is 10.4. The molecule has 0 amide bonds. The predicted octanol–water partition coefficient (Wildman–Crippen LogP) is 3.68. The maximum absolute atomic E-state index is 10.8. The molecule has 3 rings (SSSR count). The van der Waals surface area contributed by atoms with Gasteiger partial charge in [-0.15, -0.1) is 0 Å². The third-order valence-corrected chi connectivity index (χ3v) is 3.07. The molecule has 4 nitrogen and oxygen atoms in total. The molecule has 2 N–H and O–H groups in total. The van der Waals surface area contributed by atoms with Crippen LogP contribution >= 0.6 is 0 Å². The molecule has 0 saturated heterocycles. The van der Waals surface area contributed by atoms with E-state index in [2.05, 4.69) is 10.3 Å². The predicted molar refractivity (Wildman–Crippen MR) is 78.4 cm³/mol. The molecular formula is C16H12N2O2. The number of pyridine rings is 1. The van der Waals surface area contributed by atoms with Gasteiger partial charge in [-0.25, -0.2) is 9.78 Å². The number of hydrogen-bond donors (Lipinski definition) is 2. The molecule has 4 heteroatoms. The Labute approximate surface area is 115 Å². The number of aromatic nitrogens is 1. The fraction of sp³-hybridized carbons (Fsp3) is 0. The number of hydrogen-bond acceptors (Lipinski definition) is 3. The van der Waals surface area contributed by atoms with Crippen LogP contribution in [0.2, 0.25) is 0 Å². The number of nitrogens with one attached hydrogen (secondary N) is 1. The number of fused-ring (bicyclic) bond motifs is 1. The zero-order valence-electron chi connectivity index (χ0n) is 10.6. The first kappa shape index (κ1) is 12.2. The number of benzene rings is 2. The van der Waals surface area contributed by atoms with E-state index in [1.807, 2.05) is 30.3 Å². The average molecular weight is 264 g/mol. The molecule has 0 atom stereocenters. The zero-order valence-corrected chi connectivity index (χ0v) is 10.6. The Morgan fingerprint density at radius 2 is 1.75 bits per heavy atom. The lowest BCUT2D eigenvalue weighted by Gasteiger charge is -2.08. The molecule has 1 aromatic heterocycles. The van der Waals surface area contributed by atoms with Crippen LogP contribution in [-0.2, 0) is 0 Å². The third kappa shape index (κ3) is 2.31. The van der Waals surface area contributed by atoms with Gasteiger partial charge in [0.2, 0.25) is 0 Å². The Morgan fingerprint density at radius 1 is 1.00 bits per heavy atom. The number of nitrogens with zero attached hydrogens (tertiary/aromatic N) is 1. The van der Waals surface area contributed by atoms with Crippen molar-refractivity contribution in [2.24, 2.45) is 0 Å². The van der Waals surface area contributed by atoms with E-state index in [1.54, 1.807) is 30.5 Å². The van der Waals surface area contributed by atoms with Gasteiger partial charge in [0, 0.05) is 17.3 Å². The van der Waals surface area contributed by atoms with Crippen molar-refractivity contribution in [3.63, 3.8) is 0 Å². The van der Waals surface area contributed by atoms with E-state index >= 15 is 0 Å². The summed E-state index contributed by atoms with van der Waals surface area (Å²) in [7, 11) is 0. The second-order valence-electron chi connectivity index (χ2n) is 4.39. The lowest BCUT2D eigenvalue weighted by atomic mass is 10.1. The van der Waals surface area contributed by atoms with Crippen molar-refractivity contribution in [3.05, 3.63) is 66.4 Å². The monoisotopic (exact) mass is 264 g/mol. The van der Waals surface area contributed by atoms with E-state index < -0.39 is 5.97 Å². The summed E-state index contributed by atoms with van der Waals surface area (Å²) in [5, 5.41) is 14.2. The SMILES string of the molecule is O=C(O)c1ccc(Nc2nccc3ccccc23)cc1. The van der Waals surface area contributed by atoms with Gasteiger partial charge in [0.05, 0.1) is 5.56 Å². The summed E-state index contributed by atoms with van der Waals surface area (Å²) in [5.41, 5.74) is 1.07. The van der Waals surface area contributed by atoms with E-state index in [0.717, 1.165) is 22.3 Å². The molecule has 0 radical (unpaired) electrons. The first-order valence-corrected chi connectivity index (χ1v) is 6.18. The summed E-state index contributed by atoms with van der Waals surface area (Å²) >= 11 is 0. The van der Waals surface area contributed by atoms with Crippen molar-refractivity contribution >= 4 is 28.2 Å². The van der Waals surface area contributed by atoms with Crippen molar-refractivity contribution in [1.82, 2.24) is 4.98 Å². The van der Waals surface area contributed by atoms with Crippen LogP contribution in [-0.4, -0.2) is 16.1 Å². The van der Waals surface area contributed by atoms with Crippen LogP contribution in [0.3, 0.4) is 0 Å². The molecule has 0 fully saturated rings. The van der Waals surface area contributed by atoms with Crippen molar-refractivity contribution in [3.8, 4) is 0 Å². The minimum atomic E-state index is -0.931. The second-order valence-corrected chi connectivity index (χ2v) is 4.39. The van der Waals surface area contributed by atoms with Gasteiger partial charge in [-0.1, -0.05) is 24.3 Å². The minimum Gasteiger partial charge on any atom is -0.478 e. The van der Waals surface area contributed by atoms with Crippen LogP contribution < -0.4 is 5.32 Å². The molecule has 0 spiro atoms. The average Bonchev–Trinajstić information content (AvgIpc) is 2.48. The molecule has 0 unspecified atom stereocenters. The van der Waals surface area contributed by atoms with Crippen molar-refractivity contribution < 1.29 is 9.90 Å². The fourth-order valence-corrected chi connectivity index (χ4v) is 2.05. The number of rotatable bonds is 3. The maximum Gasteiger partial charge on any atom is 0.335 e. The third-order valence-electron chi connectivity index (χ3n) is 3.07. The molecule has 0 aliphatic rings. The van der Waals surface area contributed by atoms with E-state index in [1.165, 1.54) is 0 Å². The van der Waals surface area contributed by atoms with Crippen LogP contribution in [0.15, 0.2) is 60.8 Å². The van der Waals surface area contributed by atoms with Crippen LogP contribution in [0, 0.1) is 0 Å². The summed E-state index contributed by atoms with van der Waals surface area (Å²) in [6.07, 6.45) is 1.75. The first-order valence-electron chi connectivity index (χ1n) is 6.18. The zero-order chi connectivity index (χ0) is 13.9. The summed E-state index contributed by atoms with van der Waals surface area (Å²) in [6, 6.07) is 16.5. The minimum absolute atomic E-state index is 0.265. The fourth-order valence-electron chi connectivity index (χ4n) is 2.05. The van der Waals surface area contributed by atoms with Gasteiger partial charge in [-0.05, 0) is 35.7 Å². The summed E-state index contributed by atoms with van der Waals surface area (Å²) in [6.45, 7) is 0. The quantitative estimate of drug-likeness (QED) is 0.757. The Bertz CT molecular complexity index is 762. The summed E-state index contributed by atoms with van der Waals surface area (Å²) in [4.78, 5) is 15.1. The highest BCUT2D eigenvalue weighted by Gasteiger charge is 2.04. The van der Waals surface area contributed by atoms with E-state index in [-0.39, 0.29) is 5.56 Å². The lowest BCUT2D eigenvalue weighted by Crippen LogP contribution is -1.97. The van der Waals surface area contributed by atoms with Crippen molar-refractivity contribution in [2.75, 3.05) is 5.32 Å². The van der Waals surface area contributed by atoms with Gasteiger partial charge >= 0.3 is 5.97 Å². The molecule has 3 aromatic rings. The van der Waals surface area contributed by atoms with Crippen LogP contribution in [0.4, 0.5) is 11.5 Å². The molecule has 0 saturated carbocycles. The first-order chi connectivity index (χ1) is 9.74. The largest absolute Gasteiger partial charge is 0.478 e. The van der Waals surface area contributed by atoms with Gasteiger partial charge in [-0.2, -0.15) is 0 Å². The number of anilines is 2. The second kappa shape index (κ2) is 5.01. The number of aromatic carboxylic acids is 1. The molecule has 2 aromatic carbocycles. The van der Waals surface area contributed by atoms with Gasteiger partial charge in [0.1, 0.15) is 5.82 Å². The molecule has 1 heterocycles. The number of carbonyl (C=O) groups is 1. The van der Waals surface area contributed by atoms with E-state index in [0.29, 0.717) is 0 Å². The topological polar surface area (TPSA) is 62.2 Å². The van der Waals surface area contributed by atoms with Gasteiger partial charge in [0.15, 0.2) is 0 Å². The maximum atomic E-state index is 10.8. The molecule has 0 aliphatic heterocycles. The Hall–Kier alpha value is -2.88. The van der Waals surface area contributed by atoms with Gasteiger partial charge in [0.25, 0.3) is 0 Å². The Morgan fingerprint density at radius 3 is 2.50 bits per heavy atom. The molecule has 98 valence electrons. The van der Waals surface area contributed by atoms with E-state index in [4.69, 9.17) is 5.11 Å². The molecule has 20 heavy (non-hydrogen) atoms. The lowest BCUT2D eigenvalue weighted by molar-refractivity contribution is 0.0697. The van der Waals surface area contributed by atoms with Gasteiger partial charge < -0.3 is 10.4 Å². The Balaban J connectivity index is 1.95. The van der Waals surface area contributed by atoms with Gasteiger partial charge in [-0.3, -0.25) is 0 Å². The van der Waals surface area contributed by atoms with Crippen molar-refractivity contribution in [2.45, 2.75) is 0 Å². The van der Waals surface area contributed by atoms with Crippen molar-refractivity contribution in [1.29, 1.82) is 0 Å². The van der Waals surface area contributed by atoms with Crippen LogP contribution in [0.1, 0.15) is 10.4 Å². The Kier molecular flexibility index (Phi) is 3.05. The summed E-state index contributed by atoms with van der Waals surface area (Å²) < 4.78 is 0. The highest BCUT2D eigenvalue weighted by atomic mass is 16.4. The van der Waals surface area contributed by atoms with Crippen LogP contribution in [0.5, 0.6) is 0 Å². The van der Waals surface area contributed by atoms with Crippen LogP contribution in [0.25, 0.3) is 10.8 Å². The molecular weight excluding hydrogens is 252 g/mol.